The number of rotatable bonds is 11. The topological polar surface area (TPSA) is 132 Å². The summed E-state index contributed by atoms with van der Waals surface area (Å²) in [7, 11) is 5.07. The second-order valence-electron chi connectivity index (χ2n) is 9.52. The zero-order chi connectivity index (χ0) is 25.4. The molecule has 1 aromatic carbocycles. The van der Waals surface area contributed by atoms with Crippen LogP contribution in [0.25, 0.3) is 0 Å². The molecule has 36 heavy (non-hydrogen) atoms. The lowest BCUT2D eigenvalue weighted by molar-refractivity contribution is -0.130. The SMILES string of the molecule is COc1cc(N)c(Cl)cc1C(=O)N[C@H]1CCN(CCCCN(C)C(=O)CN2CCCC2)C[C@H]1OC.O. The number of carbonyl (C=O) groups excluding carboxylic acids is 2. The summed E-state index contributed by atoms with van der Waals surface area (Å²) in [6.45, 7) is 5.95. The number of ether oxygens (including phenoxy) is 2. The van der Waals surface area contributed by atoms with E-state index in [1.165, 1.54) is 26.0 Å². The second kappa shape index (κ2) is 14.6. The maximum absolute atomic E-state index is 12.9. The molecule has 0 aliphatic carbocycles. The number of hydrogen-bond donors (Lipinski definition) is 2. The highest BCUT2D eigenvalue weighted by Gasteiger charge is 2.31. The first kappa shape index (κ1) is 30.1. The Morgan fingerprint density at radius 3 is 2.56 bits per heavy atom. The third-order valence-electron chi connectivity index (χ3n) is 7.03. The normalized spacial score (nSPS) is 20.6. The highest BCUT2D eigenvalue weighted by Crippen LogP contribution is 2.29. The van der Waals surface area contributed by atoms with E-state index in [9.17, 15) is 9.59 Å². The van der Waals surface area contributed by atoms with Gasteiger partial charge in [0, 0.05) is 39.9 Å². The predicted octanol–water partition coefficient (Wildman–Crippen LogP) is 1.26. The molecule has 11 heteroatoms. The molecule has 0 unspecified atom stereocenters. The molecule has 204 valence electrons. The molecule has 2 aliphatic heterocycles. The molecule has 0 aromatic heterocycles. The number of nitrogens with one attached hydrogen (secondary N) is 1. The fourth-order valence-electron chi connectivity index (χ4n) is 4.81. The molecule has 2 amide bonds. The molecule has 0 saturated carbocycles. The Balaban J connectivity index is 0.00000456. The van der Waals surface area contributed by atoms with Gasteiger partial charge < -0.3 is 35.8 Å². The van der Waals surface area contributed by atoms with Crippen molar-refractivity contribution in [3.8, 4) is 5.75 Å². The molecule has 10 nitrogen and oxygen atoms in total. The lowest BCUT2D eigenvalue weighted by atomic mass is 10.0. The molecule has 1 aromatic rings. The second-order valence-corrected chi connectivity index (χ2v) is 9.93. The van der Waals surface area contributed by atoms with Crippen LogP contribution < -0.4 is 15.8 Å². The molecule has 2 heterocycles. The Bertz CT molecular complexity index is 867. The fourth-order valence-corrected chi connectivity index (χ4v) is 4.97. The summed E-state index contributed by atoms with van der Waals surface area (Å²) >= 11 is 6.12. The summed E-state index contributed by atoms with van der Waals surface area (Å²) in [4.78, 5) is 31.8. The van der Waals surface area contributed by atoms with Crippen molar-refractivity contribution in [2.75, 3.05) is 72.8 Å². The molecule has 2 saturated heterocycles. The average molecular weight is 528 g/mol. The van der Waals surface area contributed by atoms with Crippen LogP contribution in [0.3, 0.4) is 0 Å². The highest BCUT2D eigenvalue weighted by atomic mass is 35.5. The minimum atomic E-state index is -0.258. The van der Waals surface area contributed by atoms with Crippen molar-refractivity contribution in [3.05, 3.63) is 22.7 Å². The molecular weight excluding hydrogens is 486 g/mol. The van der Waals surface area contributed by atoms with Gasteiger partial charge in [0.15, 0.2) is 0 Å². The summed E-state index contributed by atoms with van der Waals surface area (Å²) in [6.07, 6.45) is 5.04. The van der Waals surface area contributed by atoms with Gasteiger partial charge in [-0.2, -0.15) is 0 Å². The number of anilines is 1. The van der Waals surface area contributed by atoms with Crippen LogP contribution in [0.5, 0.6) is 5.75 Å². The van der Waals surface area contributed by atoms with Gasteiger partial charge in [-0.05, 0) is 57.8 Å². The van der Waals surface area contributed by atoms with Crippen LogP contribution in [-0.2, 0) is 9.53 Å². The summed E-state index contributed by atoms with van der Waals surface area (Å²) in [5.41, 5.74) is 6.55. The number of nitrogens with zero attached hydrogens (tertiary/aromatic N) is 3. The van der Waals surface area contributed by atoms with Crippen LogP contribution in [0.1, 0.15) is 42.5 Å². The van der Waals surface area contributed by atoms with E-state index >= 15 is 0 Å². The number of nitrogen functional groups attached to an aromatic ring is 1. The monoisotopic (exact) mass is 527 g/mol. The van der Waals surface area contributed by atoms with Gasteiger partial charge in [0.2, 0.25) is 5.91 Å². The fraction of sp³-hybridized carbons (Fsp3) is 0.680. The van der Waals surface area contributed by atoms with Gasteiger partial charge in [0.1, 0.15) is 5.75 Å². The Morgan fingerprint density at radius 1 is 1.17 bits per heavy atom. The van der Waals surface area contributed by atoms with Gasteiger partial charge in [0.05, 0.1) is 42.1 Å². The predicted molar refractivity (Wildman–Crippen MR) is 142 cm³/mol. The van der Waals surface area contributed by atoms with Gasteiger partial charge in [-0.3, -0.25) is 14.5 Å². The van der Waals surface area contributed by atoms with E-state index in [1.54, 1.807) is 13.2 Å². The van der Waals surface area contributed by atoms with Crippen molar-refractivity contribution in [2.45, 2.75) is 44.2 Å². The Labute approximate surface area is 219 Å². The summed E-state index contributed by atoms with van der Waals surface area (Å²) in [6, 6.07) is 2.99. The molecule has 2 atom stereocenters. The highest BCUT2D eigenvalue weighted by molar-refractivity contribution is 6.33. The first-order valence-corrected chi connectivity index (χ1v) is 12.9. The molecule has 5 N–H and O–H groups in total. The molecule has 3 rings (SSSR count). The number of methoxy groups -OCH3 is 2. The van der Waals surface area contributed by atoms with Crippen LogP contribution in [0.4, 0.5) is 5.69 Å². The number of carbonyl (C=O) groups is 2. The molecule has 0 spiro atoms. The number of unbranched alkanes of at least 4 members (excludes halogenated alkanes) is 1. The lowest BCUT2D eigenvalue weighted by Gasteiger charge is -2.38. The van der Waals surface area contributed by atoms with Crippen molar-refractivity contribution >= 4 is 29.1 Å². The van der Waals surface area contributed by atoms with Crippen LogP contribution in [0, 0.1) is 0 Å². The third-order valence-corrected chi connectivity index (χ3v) is 7.35. The van der Waals surface area contributed by atoms with Crippen LogP contribution in [0.2, 0.25) is 5.02 Å². The summed E-state index contributed by atoms with van der Waals surface area (Å²) in [5.74, 6) is 0.340. The molecule has 2 fully saturated rings. The quantitative estimate of drug-likeness (QED) is 0.327. The number of nitrogens with two attached hydrogens (primary N) is 1. The minimum Gasteiger partial charge on any atom is -0.496 e. The third kappa shape index (κ3) is 8.21. The van der Waals surface area contributed by atoms with Crippen molar-refractivity contribution in [1.29, 1.82) is 0 Å². The number of halogens is 1. The standard InChI is InChI=1S/C25H40ClN5O4.H2O/c1-29(24(32)17-30-10-6-7-11-30)9-4-5-12-31-13-8-21(23(16-31)35-3)28-25(33)18-14-19(26)20(27)15-22(18)34-2;/h14-15,21,23H,4-13,16-17,27H2,1-3H3,(H,28,33);1H2/t21-,23+;/m0./s1. The van der Waals surface area contributed by atoms with E-state index in [2.05, 4.69) is 15.1 Å². The van der Waals surface area contributed by atoms with E-state index in [4.69, 9.17) is 26.8 Å². The van der Waals surface area contributed by atoms with E-state index in [0.717, 1.165) is 58.5 Å². The largest absolute Gasteiger partial charge is 0.496 e. The maximum atomic E-state index is 12.9. The minimum absolute atomic E-state index is 0. The van der Waals surface area contributed by atoms with Crippen molar-refractivity contribution < 1.29 is 24.5 Å². The Morgan fingerprint density at radius 2 is 1.89 bits per heavy atom. The molecule has 0 bridgehead atoms. The van der Waals surface area contributed by atoms with Crippen molar-refractivity contribution in [1.82, 2.24) is 20.0 Å². The zero-order valence-electron chi connectivity index (χ0n) is 21.7. The van der Waals surface area contributed by atoms with E-state index in [0.29, 0.717) is 28.6 Å². The molecular formula is C25H42ClN5O5. The van der Waals surface area contributed by atoms with Crippen molar-refractivity contribution in [3.63, 3.8) is 0 Å². The van der Waals surface area contributed by atoms with Gasteiger partial charge in [-0.25, -0.2) is 0 Å². The number of hydrogen-bond acceptors (Lipinski definition) is 7. The van der Waals surface area contributed by atoms with E-state index in [-0.39, 0.29) is 29.4 Å². The molecule has 2 aliphatic rings. The van der Waals surface area contributed by atoms with E-state index < -0.39 is 0 Å². The Kier molecular flexibility index (Phi) is 12.2. The smallest absolute Gasteiger partial charge is 0.255 e. The summed E-state index contributed by atoms with van der Waals surface area (Å²) < 4.78 is 11.0. The number of likely N-dealkylation sites (N-methyl/N-ethyl adjacent to an activating group) is 1. The number of amides is 2. The van der Waals surface area contributed by atoms with E-state index in [1.807, 2.05) is 11.9 Å². The number of benzene rings is 1. The zero-order valence-corrected chi connectivity index (χ0v) is 22.5. The van der Waals surface area contributed by atoms with Gasteiger partial charge in [0.25, 0.3) is 5.91 Å². The van der Waals surface area contributed by atoms with Crippen LogP contribution >= 0.6 is 11.6 Å². The first-order chi connectivity index (χ1) is 16.8. The number of likely N-dealkylation sites (tertiary alicyclic amines) is 2. The van der Waals surface area contributed by atoms with Crippen LogP contribution in [-0.4, -0.2) is 111 Å². The maximum Gasteiger partial charge on any atom is 0.255 e. The van der Waals surface area contributed by atoms with Gasteiger partial charge in [-0.1, -0.05) is 11.6 Å². The molecule has 0 radical (unpaired) electrons. The van der Waals surface area contributed by atoms with Gasteiger partial charge in [-0.15, -0.1) is 0 Å². The van der Waals surface area contributed by atoms with Crippen LogP contribution in [0.15, 0.2) is 12.1 Å². The number of piperidine rings is 1. The lowest BCUT2D eigenvalue weighted by Crippen LogP contribution is -2.55. The van der Waals surface area contributed by atoms with Crippen molar-refractivity contribution in [2.24, 2.45) is 0 Å². The average Bonchev–Trinajstić information content (AvgIpc) is 3.36. The summed E-state index contributed by atoms with van der Waals surface area (Å²) in [5, 5.41) is 3.40. The van der Waals surface area contributed by atoms with Gasteiger partial charge >= 0.3 is 0 Å². The Hall–Kier alpha value is -2.11. The first-order valence-electron chi connectivity index (χ1n) is 12.5.